The zero-order valence-electron chi connectivity index (χ0n) is 13.9. The van der Waals surface area contributed by atoms with Gasteiger partial charge in [0, 0.05) is 42.8 Å². The topological polar surface area (TPSA) is 58.4 Å². The van der Waals surface area contributed by atoms with Crippen LogP contribution in [0.15, 0.2) is 48.5 Å². The number of halogens is 2. The summed E-state index contributed by atoms with van der Waals surface area (Å²) in [7, 11) is 0. The van der Waals surface area contributed by atoms with E-state index in [1.54, 1.807) is 0 Å². The molecular weight excluding hydrogens is 357 g/mol. The molecule has 1 amide bonds. The highest BCUT2D eigenvalue weighted by atomic mass is 35.5. The van der Waals surface area contributed by atoms with Gasteiger partial charge in [-0.15, -0.1) is 24.8 Å². The van der Waals surface area contributed by atoms with Gasteiger partial charge in [0.25, 0.3) is 5.91 Å². The van der Waals surface area contributed by atoms with Crippen molar-refractivity contribution in [2.45, 2.75) is 18.4 Å². The summed E-state index contributed by atoms with van der Waals surface area (Å²) in [4.78, 5) is 14.7. The SMILES string of the molecule is Cl.Cl.N[C@@H]1CN(C(=O)c2ccc3c(c2)CCN3)C[C@H]1c1ccccc1. The number of carbonyl (C=O) groups excluding carboxylic acids is 1. The first kappa shape index (κ1) is 19.6. The molecule has 2 aliphatic heterocycles. The van der Waals surface area contributed by atoms with Crippen molar-refractivity contribution in [3.63, 3.8) is 0 Å². The van der Waals surface area contributed by atoms with Crippen LogP contribution >= 0.6 is 24.8 Å². The van der Waals surface area contributed by atoms with Gasteiger partial charge in [-0.25, -0.2) is 0 Å². The van der Waals surface area contributed by atoms with Crippen molar-refractivity contribution in [2.24, 2.45) is 5.73 Å². The molecule has 3 N–H and O–H groups in total. The molecule has 0 bridgehead atoms. The van der Waals surface area contributed by atoms with Gasteiger partial charge in [-0.1, -0.05) is 30.3 Å². The smallest absolute Gasteiger partial charge is 0.253 e. The molecule has 0 spiro atoms. The van der Waals surface area contributed by atoms with E-state index < -0.39 is 0 Å². The Morgan fingerprint density at radius 3 is 2.60 bits per heavy atom. The number of anilines is 1. The van der Waals surface area contributed by atoms with Gasteiger partial charge < -0.3 is 16.0 Å². The maximum atomic E-state index is 12.8. The second-order valence-electron chi connectivity index (χ2n) is 6.44. The molecule has 0 radical (unpaired) electrons. The third-order valence-electron chi connectivity index (χ3n) is 4.94. The number of nitrogens with two attached hydrogens (primary N) is 1. The number of benzene rings is 2. The van der Waals surface area contributed by atoms with Crippen molar-refractivity contribution in [1.82, 2.24) is 4.90 Å². The fourth-order valence-corrected chi connectivity index (χ4v) is 3.67. The molecule has 134 valence electrons. The van der Waals surface area contributed by atoms with Crippen molar-refractivity contribution >= 4 is 36.4 Å². The van der Waals surface area contributed by atoms with Gasteiger partial charge in [0.15, 0.2) is 0 Å². The summed E-state index contributed by atoms with van der Waals surface area (Å²) in [6.45, 7) is 2.27. The fourth-order valence-electron chi connectivity index (χ4n) is 3.67. The summed E-state index contributed by atoms with van der Waals surface area (Å²) in [5.74, 6) is 0.310. The van der Waals surface area contributed by atoms with Crippen LogP contribution in [-0.4, -0.2) is 36.5 Å². The van der Waals surface area contributed by atoms with Gasteiger partial charge in [-0.05, 0) is 35.7 Å². The number of carbonyl (C=O) groups is 1. The molecule has 4 nitrogen and oxygen atoms in total. The number of likely N-dealkylation sites (tertiary alicyclic amines) is 1. The van der Waals surface area contributed by atoms with Gasteiger partial charge in [0.1, 0.15) is 0 Å². The maximum Gasteiger partial charge on any atom is 0.253 e. The second kappa shape index (κ2) is 8.09. The first-order valence-electron chi connectivity index (χ1n) is 8.19. The highest BCUT2D eigenvalue weighted by molar-refractivity contribution is 5.95. The van der Waals surface area contributed by atoms with E-state index in [1.807, 2.05) is 41.3 Å². The largest absolute Gasteiger partial charge is 0.384 e. The predicted molar refractivity (Wildman–Crippen MR) is 106 cm³/mol. The molecule has 0 unspecified atom stereocenters. The van der Waals surface area contributed by atoms with E-state index >= 15 is 0 Å². The van der Waals surface area contributed by atoms with E-state index in [-0.39, 0.29) is 42.7 Å². The third-order valence-corrected chi connectivity index (χ3v) is 4.94. The molecular formula is C19H23Cl2N3O. The van der Waals surface area contributed by atoms with Crippen molar-refractivity contribution < 1.29 is 4.79 Å². The summed E-state index contributed by atoms with van der Waals surface area (Å²) in [5, 5.41) is 3.33. The molecule has 0 aliphatic carbocycles. The van der Waals surface area contributed by atoms with Crippen LogP contribution < -0.4 is 11.1 Å². The van der Waals surface area contributed by atoms with Crippen molar-refractivity contribution in [2.75, 3.05) is 25.0 Å². The number of hydrogen-bond donors (Lipinski definition) is 2. The zero-order valence-corrected chi connectivity index (χ0v) is 15.5. The minimum atomic E-state index is -0.00237. The van der Waals surface area contributed by atoms with Crippen molar-refractivity contribution in [3.05, 3.63) is 65.2 Å². The molecule has 2 aliphatic rings. The van der Waals surface area contributed by atoms with E-state index in [1.165, 1.54) is 11.1 Å². The van der Waals surface area contributed by atoms with Gasteiger partial charge in [-0.2, -0.15) is 0 Å². The van der Waals surface area contributed by atoms with Crippen LogP contribution in [0.4, 0.5) is 5.69 Å². The summed E-state index contributed by atoms with van der Waals surface area (Å²) in [5.41, 5.74) is 10.7. The summed E-state index contributed by atoms with van der Waals surface area (Å²) >= 11 is 0. The number of nitrogens with zero attached hydrogens (tertiary/aromatic N) is 1. The third kappa shape index (κ3) is 3.76. The lowest BCUT2D eigenvalue weighted by atomic mass is 9.95. The van der Waals surface area contributed by atoms with Gasteiger partial charge in [-0.3, -0.25) is 4.79 Å². The summed E-state index contributed by atoms with van der Waals surface area (Å²) < 4.78 is 0. The average Bonchev–Trinajstić information content (AvgIpc) is 3.20. The Kier molecular flexibility index (Phi) is 6.33. The molecule has 6 heteroatoms. The van der Waals surface area contributed by atoms with E-state index in [0.717, 1.165) is 24.2 Å². The summed E-state index contributed by atoms with van der Waals surface area (Å²) in [6.07, 6.45) is 0.989. The van der Waals surface area contributed by atoms with Crippen LogP contribution in [0.2, 0.25) is 0 Å². The maximum absolute atomic E-state index is 12.8. The first-order chi connectivity index (χ1) is 11.2. The first-order valence-corrected chi connectivity index (χ1v) is 8.19. The highest BCUT2D eigenvalue weighted by Crippen LogP contribution is 2.29. The lowest BCUT2D eigenvalue weighted by Gasteiger charge is -2.17. The van der Waals surface area contributed by atoms with Crippen molar-refractivity contribution in [3.8, 4) is 0 Å². The Morgan fingerprint density at radius 2 is 1.84 bits per heavy atom. The molecule has 2 atom stereocenters. The standard InChI is InChI=1S/C19H21N3O.2ClH/c20-17-12-22(11-16(17)13-4-2-1-3-5-13)19(23)15-6-7-18-14(10-15)8-9-21-18;;/h1-7,10,16-17,21H,8-9,11-12,20H2;2*1H/t16-,17+;;/m0../s1. The van der Waals surface area contributed by atoms with Crippen LogP contribution in [0.25, 0.3) is 0 Å². The molecule has 25 heavy (non-hydrogen) atoms. The Labute approximate surface area is 160 Å². The van der Waals surface area contributed by atoms with E-state index in [4.69, 9.17) is 5.73 Å². The lowest BCUT2D eigenvalue weighted by molar-refractivity contribution is 0.0789. The lowest BCUT2D eigenvalue weighted by Crippen LogP contribution is -2.32. The normalized spacial score (nSPS) is 20.9. The second-order valence-corrected chi connectivity index (χ2v) is 6.44. The number of fused-ring (bicyclic) bond motifs is 1. The van der Waals surface area contributed by atoms with Gasteiger partial charge in [0.2, 0.25) is 0 Å². The van der Waals surface area contributed by atoms with E-state index in [0.29, 0.717) is 13.1 Å². The fraction of sp³-hybridized carbons (Fsp3) is 0.316. The van der Waals surface area contributed by atoms with Crippen LogP contribution in [0.5, 0.6) is 0 Å². The van der Waals surface area contributed by atoms with E-state index in [2.05, 4.69) is 17.4 Å². The highest BCUT2D eigenvalue weighted by Gasteiger charge is 2.34. The zero-order chi connectivity index (χ0) is 15.8. The molecule has 2 aromatic carbocycles. The summed E-state index contributed by atoms with van der Waals surface area (Å²) in [6, 6.07) is 16.2. The van der Waals surface area contributed by atoms with Crippen LogP contribution in [0.1, 0.15) is 27.4 Å². The Morgan fingerprint density at radius 1 is 1.08 bits per heavy atom. The van der Waals surface area contributed by atoms with E-state index in [9.17, 15) is 4.79 Å². The monoisotopic (exact) mass is 379 g/mol. The molecule has 2 aromatic rings. The Hall–Kier alpha value is -1.75. The minimum Gasteiger partial charge on any atom is -0.384 e. The molecule has 2 heterocycles. The molecule has 1 saturated heterocycles. The Bertz CT molecular complexity index is 739. The Balaban J connectivity index is 0.00000113. The molecule has 4 rings (SSSR count). The van der Waals surface area contributed by atoms with Gasteiger partial charge >= 0.3 is 0 Å². The number of amides is 1. The average molecular weight is 380 g/mol. The van der Waals surface area contributed by atoms with Crippen molar-refractivity contribution in [1.29, 1.82) is 0 Å². The number of rotatable bonds is 2. The van der Waals surface area contributed by atoms with Crippen LogP contribution in [0.3, 0.4) is 0 Å². The predicted octanol–water partition coefficient (Wildman–Crippen LogP) is 3.07. The molecule has 1 fully saturated rings. The number of nitrogens with one attached hydrogen (secondary N) is 1. The minimum absolute atomic E-state index is 0. The quantitative estimate of drug-likeness (QED) is 0.842. The van der Waals surface area contributed by atoms with Crippen LogP contribution in [-0.2, 0) is 6.42 Å². The number of hydrogen-bond acceptors (Lipinski definition) is 3. The molecule has 0 saturated carbocycles. The van der Waals surface area contributed by atoms with Crippen LogP contribution in [0, 0.1) is 0 Å². The van der Waals surface area contributed by atoms with Gasteiger partial charge in [0.05, 0.1) is 0 Å². The molecule has 0 aromatic heterocycles.